The van der Waals surface area contributed by atoms with E-state index in [1.165, 1.54) is 0 Å². The first-order chi connectivity index (χ1) is 15.0. The minimum Gasteiger partial charge on any atom is -0.437 e. The summed E-state index contributed by atoms with van der Waals surface area (Å²) in [6.07, 6.45) is 1.25. The number of likely N-dealkylation sites (N-methyl/N-ethyl adjacent to an activating group) is 1. The van der Waals surface area contributed by atoms with Crippen LogP contribution in [0.2, 0.25) is 0 Å². The Morgan fingerprint density at radius 2 is 1.94 bits per heavy atom. The van der Waals surface area contributed by atoms with Crippen LogP contribution >= 0.6 is 0 Å². The van der Waals surface area contributed by atoms with Gasteiger partial charge in [0.05, 0.1) is 6.61 Å². The summed E-state index contributed by atoms with van der Waals surface area (Å²) in [5.74, 6) is 1.21. The maximum absolute atomic E-state index is 11.6. The molecular weight excluding hydrogens is 394 g/mol. The van der Waals surface area contributed by atoms with E-state index in [1.54, 1.807) is 31.4 Å². The summed E-state index contributed by atoms with van der Waals surface area (Å²) >= 11 is 0. The number of nitrogens with two attached hydrogens (primary N) is 1. The number of methoxy groups -OCH3 is 1. The molecule has 1 aromatic heterocycles. The van der Waals surface area contributed by atoms with E-state index in [-0.39, 0.29) is 5.69 Å². The first-order valence-corrected chi connectivity index (χ1v) is 10.0. The zero-order valence-corrected chi connectivity index (χ0v) is 18.0. The third-order valence-corrected chi connectivity index (χ3v) is 4.68. The van der Waals surface area contributed by atoms with Gasteiger partial charge in [0.1, 0.15) is 17.1 Å². The monoisotopic (exact) mass is 421 g/mol. The standard InChI is InChI=1S/C23H27N5O3/c1-4-20-23(31-19-7-5-6-16(24)14-19)27-22(21(15-29)26-20)25-17-8-10-18(11-9-17)28(2)12-13-30-3/h5-11,14-15H,4,12-13,24H2,1-3H3,(H,25,27). The van der Waals surface area contributed by atoms with E-state index in [0.717, 1.165) is 17.9 Å². The van der Waals surface area contributed by atoms with Gasteiger partial charge in [0, 0.05) is 43.8 Å². The van der Waals surface area contributed by atoms with Gasteiger partial charge in [-0.05, 0) is 42.8 Å². The average Bonchev–Trinajstić information content (AvgIpc) is 2.78. The normalized spacial score (nSPS) is 10.5. The Bertz CT molecular complexity index is 1020. The number of hydrogen-bond acceptors (Lipinski definition) is 8. The summed E-state index contributed by atoms with van der Waals surface area (Å²) in [5.41, 5.74) is 9.06. The quantitative estimate of drug-likeness (QED) is 0.373. The molecule has 3 N–H and O–H groups in total. The van der Waals surface area contributed by atoms with Gasteiger partial charge >= 0.3 is 0 Å². The van der Waals surface area contributed by atoms with Gasteiger partial charge in [0.15, 0.2) is 12.1 Å². The fourth-order valence-corrected chi connectivity index (χ4v) is 2.94. The lowest BCUT2D eigenvalue weighted by Crippen LogP contribution is -2.21. The summed E-state index contributed by atoms with van der Waals surface area (Å²) in [4.78, 5) is 22.7. The van der Waals surface area contributed by atoms with E-state index in [0.29, 0.717) is 48.1 Å². The van der Waals surface area contributed by atoms with Gasteiger partial charge in [-0.2, -0.15) is 4.98 Å². The van der Waals surface area contributed by atoms with Gasteiger partial charge in [-0.15, -0.1) is 0 Å². The van der Waals surface area contributed by atoms with Gasteiger partial charge < -0.3 is 25.4 Å². The van der Waals surface area contributed by atoms with E-state index in [4.69, 9.17) is 15.2 Å². The fraction of sp³-hybridized carbons (Fsp3) is 0.261. The Labute approximate surface area is 182 Å². The highest BCUT2D eigenvalue weighted by molar-refractivity contribution is 5.82. The van der Waals surface area contributed by atoms with Gasteiger partial charge in [-0.1, -0.05) is 13.0 Å². The van der Waals surface area contributed by atoms with Crippen molar-refractivity contribution in [3.05, 3.63) is 59.9 Å². The van der Waals surface area contributed by atoms with Crippen molar-refractivity contribution < 1.29 is 14.3 Å². The van der Waals surface area contributed by atoms with Gasteiger partial charge in [0.25, 0.3) is 0 Å². The molecule has 0 aliphatic heterocycles. The second-order valence-electron chi connectivity index (χ2n) is 6.94. The van der Waals surface area contributed by atoms with Crippen LogP contribution in [0.1, 0.15) is 23.1 Å². The average molecular weight is 422 g/mol. The largest absolute Gasteiger partial charge is 0.437 e. The van der Waals surface area contributed by atoms with Crippen LogP contribution in [0.15, 0.2) is 48.5 Å². The molecule has 8 heteroatoms. The molecule has 2 aromatic carbocycles. The van der Waals surface area contributed by atoms with E-state index in [9.17, 15) is 4.79 Å². The van der Waals surface area contributed by atoms with Crippen LogP contribution in [-0.2, 0) is 11.2 Å². The lowest BCUT2D eigenvalue weighted by Gasteiger charge is -2.19. The Kier molecular flexibility index (Phi) is 7.40. The molecule has 31 heavy (non-hydrogen) atoms. The van der Waals surface area contributed by atoms with Gasteiger partial charge in [-0.3, -0.25) is 4.79 Å². The maximum Gasteiger partial charge on any atom is 0.243 e. The third kappa shape index (κ3) is 5.70. The Morgan fingerprint density at radius 3 is 2.58 bits per heavy atom. The van der Waals surface area contributed by atoms with Crippen molar-refractivity contribution in [1.29, 1.82) is 0 Å². The maximum atomic E-state index is 11.6. The molecule has 0 unspecified atom stereocenters. The molecule has 3 rings (SSSR count). The second-order valence-corrected chi connectivity index (χ2v) is 6.94. The molecule has 0 bridgehead atoms. The molecular formula is C23H27N5O3. The zero-order chi connectivity index (χ0) is 22.2. The highest BCUT2D eigenvalue weighted by atomic mass is 16.5. The fourth-order valence-electron chi connectivity index (χ4n) is 2.94. The first-order valence-electron chi connectivity index (χ1n) is 10.0. The lowest BCUT2D eigenvalue weighted by atomic mass is 10.2. The lowest BCUT2D eigenvalue weighted by molar-refractivity contribution is 0.111. The second kappa shape index (κ2) is 10.4. The molecule has 0 aliphatic rings. The van der Waals surface area contributed by atoms with Crippen LogP contribution in [0.3, 0.4) is 0 Å². The van der Waals surface area contributed by atoms with Crippen LogP contribution in [0.25, 0.3) is 0 Å². The molecule has 0 saturated heterocycles. The first kappa shape index (κ1) is 22.0. The molecule has 8 nitrogen and oxygen atoms in total. The van der Waals surface area contributed by atoms with Crippen LogP contribution in [-0.4, -0.2) is 43.6 Å². The van der Waals surface area contributed by atoms with Crippen molar-refractivity contribution in [3.8, 4) is 11.6 Å². The van der Waals surface area contributed by atoms with Crippen molar-refractivity contribution >= 4 is 29.2 Å². The van der Waals surface area contributed by atoms with Crippen molar-refractivity contribution in [3.63, 3.8) is 0 Å². The summed E-state index contributed by atoms with van der Waals surface area (Å²) in [5, 5.41) is 3.17. The molecule has 0 atom stereocenters. The van der Waals surface area contributed by atoms with E-state index >= 15 is 0 Å². The van der Waals surface area contributed by atoms with Crippen molar-refractivity contribution in [1.82, 2.24) is 9.97 Å². The molecule has 0 radical (unpaired) electrons. The number of nitrogen functional groups attached to an aromatic ring is 1. The number of carbonyl (C=O) groups is 1. The molecule has 3 aromatic rings. The van der Waals surface area contributed by atoms with Crippen LogP contribution in [0, 0.1) is 0 Å². The number of nitrogens with one attached hydrogen (secondary N) is 1. The Balaban J connectivity index is 1.85. The molecule has 0 aliphatic carbocycles. The van der Waals surface area contributed by atoms with Gasteiger partial charge in [-0.25, -0.2) is 4.98 Å². The number of aryl methyl sites for hydroxylation is 1. The summed E-state index contributed by atoms with van der Waals surface area (Å²) in [6.45, 7) is 3.36. The molecule has 0 fully saturated rings. The van der Waals surface area contributed by atoms with Crippen LogP contribution in [0.5, 0.6) is 11.6 Å². The smallest absolute Gasteiger partial charge is 0.243 e. The van der Waals surface area contributed by atoms with Crippen molar-refractivity contribution in [2.45, 2.75) is 13.3 Å². The molecule has 0 spiro atoms. The predicted molar refractivity (Wildman–Crippen MR) is 123 cm³/mol. The minimum atomic E-state index is 0.220. The van der Waals surface area contributed by atoms with E-state index in [2.05, 4.69) is 20.2 Å². The van der Waals surface area contributed by atoms with E-state index < -0.39 is 0 Å². The molecule has 1 heterocycles. The van der Waals surface area contributed by atoms with Crippen molar-refractivity contribution in [2.24, 2.45) is 0 Å². The Morgan fingerprint density at radius 1 is 1.16 bits per heavy atom. The number of anilines is 4. The number of aromatic nitrogens is 2. The highest BCUT2D eigenvalue weighted by Gasteiger charge is 2.15. The molecule has 0 amide bonds. The Hall–Kier alpha value is -3.65. The summed E-state index contributed by atoms with van der Waals surface area (Å²) in [6, 6.07) is 14.9. The highest BCUT2D eigenvalue weighted by Crippen LogP contribution is 2.28. The summed E-state index contributed by atoms with van der Waals surface area (Å²) < 4.78 is 11.0. The van der Waals surface area contributed by atoms with Gasteiger partial charge in [0.2, 0.25) is 5.88 Å². The number of rotatable bonds is 10. The van der Waals surface area contributed by atoms with Crippen molar-refractivity contribution in [2.75, 3.05) is 43.3 Å². The summed E-state index contributed by atoms with van der Waals surface area (Å²) in [7, 11) is 3.68. The number of aldehydes is 1. The van der Waals surface area contributed by atoms with Crippen LogP contribution < -0.4 is 20.7 Å². The predicted octanol–water partition coefficient (Wildman–Crippen LogP) is 4.05. The number of carbonyl (C=O) groups excluding carboxylic acids is 1. The number of hydrogen-bond donors (Lipinski definition) is 2. The SMILES string of the molecule is CCc1nc(C=O)c(Nc2ccc(N(C)CCOC)cc2)nc1Oc1cccc(N)c1. The third-order valence-electron chi connectivity index (χ3n) is 4.68. The minimum absolute atomic E-state index is 0.220. The number of nitrogens with zero attached hydrogens (tertiary/aromatic N) is 3. The number of benzene rings is 2. The molecule has 162 valence electrons. The van der Waals surface area contributed by atoms with Crippen LogP contribution in [0.4, 0.5) is 22.9 Å². The molecule has 0 saturated carbocycles. The zero-order valence-electron chi connectivity index (χ0n) is 18.0. The topological polar surface area (TPSA) is 103 Å². The van der Waals surface area contributed by atoms with E-state index in [1.807, 2.05) is 38.2 Å². The number of ether oxygens (including phenoxy) is 2.